The molecule has 0 unspecified atom stereocenters. The van der Waals surface area contributed by atoms with Gasteiger partial charge in [-0.05, 0) is 30.4 Å². The Morgan fingerprint density at radius 2 is 2.38 bits per heavy atom. The molecule has 1 aliphatic carbocycles. The SMILES string of the molecule is COC(=O)c1cc(C2CC2)cn2ccnc12. The molecule has 0 N–H and O–H groups in total. The molecule has 2 heterocycles. The summed E-state index contributed by atoms with van der Waals surface area (Å²) in [6, 6.07) is 1.91. The molecule has 0 spiro atoms. The summed E-state index contributed by atoms with van der Waals surface area (Å²) in [6.07, 6.45) is 8.01. The van der Waals surface area contributed by atoms with E-state index in [1.54, 1.807) is 6.20 Å². The Labute approximate surface area is 92.9 Å². The minimum Gasteiger partial charge on any atom is -0.465 e. The lowest BCUT2D eigenvalue weighted by Gasteiger charge is -2.05. The molecule has 16 heavy (non-hydrogen) atoms. The number of pyridine rings is 1. The number of hydrogen-bond acceptors (Lipinski definition) is 3. The molecule has 0 atom stereocenters. The van der Waals surface area contributed by atoms with Crippen molar-refractivity contribution >= 4 is 11.6 Å². The maximum absolute atomic E-state index is 11.6. The smallest absolute Gasteiger partial charge is 0.341 e. The summed E-state index contributed by atoms with van der Waals surface area (Å²) in [5.41, 5.74) is 2.42. The Balaban J connectivity index is 2.21. The van der Waals surface area contributed by atoms with Crippen LogP contribution >= 0.6 is 0 Å². The van der Waals surface area contributed by atoms with Crippen molar-refractivity contribution in [3.05, 3.63) is 35.8 Å². The minimum atomic E-state index is -0.321. The Kier molecular flexibility index (Phi) is 1.96. The first kappa shape index (κ1) is 9.39. The molecule has 0 aromatic carbocycles. The second-order valence-electron chi connectivity index (χ2n) is 4.11. The number of imidazole rings is 1. The average Bonchev–Trinajstić information content (AvgIpc) is 3.05. The number of methoxy groups -OCH3 is 1. The van der Waals surface area contributed by atoms with Gasteiger partial charge in [-0.25, -0.2) is 9.78 Å². The summed E-state index contributed by atoms with van der Waals surface area (Å²) in [6.45, 7) is 0. The fourth-order valence-corrected chi connectivity index (χ4v) is 1.96. The molecule has 1 fully saturated rings. The van der Waals surface area contributed by atoms with Crippen LogP contribution in [0.5, 0.6) is 0 Å². The van der Waals surface area contributed by atoms with Crippen LogP contribution in [0.2, 0.25) is 0 Å². The van der Waals surface area contributed by atoms with Crippen LogP contribution in [0.4, 0.5) is 0 Å². The van der Waals surface area contributed by atoms with E-state index in [1.165, 1.54) is 25.5 Å². The van der Waals surface area contributed by atoms with E-state index in [0.29, 0.717) is 17.1 Å². The molecule has 4 nitrogen and oxygen atoms in total. The van der Waals surface area contributed by atoms with Crippen molar-refractivity contribution in [3.8, 4) is 0 Å². The van der Waals surface area contributed by atoms with Crippen LogP contribution in [-0.2, 0) is 4.74 Å². The van der Waals surface area contributed by atoms with Gasteiger partial charge in [-0.1, -0.05) is 0 Å². The number of nitrogens with zero attached hydrogens (tertiary/aromatic N) is 2. The first-order valence-electron chi connectivity index (χ1n) is 5.34. The van der Waals surface area contributed by atoms with E-state index in [4.69, 9.17) is 4.74 Å². The summed E-state index contributed by atoms with van der Waals surface area (Å²) in [5, 5.41) is 0. The van der Waals surface area contributed by atoms with Crippen molar-refractivity contribution in [2.24, 2.45) is 0 Å². The van der Waals surface area contributed by atoms with E-state index >= 15 is 0 Å². The molecule has 0 bridgehead atoms. The van der Waals surface area contributed by atoms with Crippen LogP contribution < -0.4 is 0 Å². The fourth-order valence-electron chi connectivity index (χ4n) is 1.96. The number of carbonyl (C=O) groups excluding carboxylic acids is 1. The highest BCUT2D eigenvalue weighted by atomic mass is 16.5. The van der Waals surface area contributed by atoms with E-state index in [1.807, 2.05) is 22.9 Å². The quantitative estimate of drug-likeness (QED) is 0.721. The van der Waals surface area contributed by atoms with Crippen molar-refractivity contribution in [1.82, 2.24) is 9.38 Å². The van der Waals surface area contributed by atoms with Gasteiger partial charge in [-0.15, -0.1) is 0 Å². The highest BCUT2D eigenvalue weighted by molar-refractivity contribution is 5.96. The molecule has 0 radical (unpaired) electrons. The molecular weight excluding hydrogens is 204 g/mol. The number of hydrogen-bond donors (Lipinski definition) is 0. The zero-order valence-electron chi connectivity index (χ0n) is 9.01. The molecule has 82 valence electrons. The fraction of sp³-hybridized carbons (Fsp3) is 0.333. The van der Waals surface area contributed by atoms with Crippen LogP contribution in [-0.4, -0.2) is 22.5 Å². The summed E-state index contributed by atoms with van der Waals surface area (Å²) in [7, 11) is 1.39. The molecule has 4 heteroatoms. The Morgan fingerprint density at radius 3 is 3.06 bits per heavy atom. The molecule has 0 amide bonds. The molecular formula is C12H12N2O2. The number of fused-ring (bicyclic) bond motifs is 1. The molecule has 0 saturated heterocycles. The van der Waals surface area contributed by atoms with Crippen molar-refractivity contribution in [2.75, 3.05) is 7.11 Å². The van der Waals surface area contributed by atoms with Gasteiger partial charge in [0.1, 0.15) is 5.56 Å². The zero-order chi connectivity index (χ0) is 11.1. The van der Waals surface area contributed by atoms with Gasteiger partial charge in [-0.3, -0.25) is 0 Å². The van der Waals surface area contributed by atoms with Crippen molar-refractivity contribution < 1.29 is 9.53 Å². The summed E-state index contributed by atoms with van der Waals surface area (Å²) in [4.78, 5) is 15.8. The lowest BCUT2D eigenvalue weighted by molar-refractivity contribution is 0.0602. The van der Waals surface area contributed by atoms with Gasteiger partial charge in [0.25, 0.3) is 0 Å². The second-order valence-corrected chi connectivity index (χ2v) is 4.11. The van der Waals surface area contributed by atoms with Crippen molar-refractivity contribution in [3.63, 3.8) is 0 Å². The van der Waals surface area contributed by atoms with Crippen molar-refractivity contribution in [2.45, 2.75) is 18.8 Å². The van der Waals surface area contributed by atoms with Gasteiger partial charge < -0.3 is 9.14 Å². The predicted molar refractivity (Wildman–Crippen MR) is 58.5 cm³/mol. The van der Waals surface area contributed by atoms with E-state index in [9.17, 15) is 4.79 Å². The largest absolute Gasteiger partial charge is 0.465 e. The molecule has 3 rings (SSSR count). The predicted octanol–water partition coefficient (Wildman–Crippen LogP) is 2.00. The third-order valence-electron chi connectivity index (χ3n) is 2.96. The van der Waals surface area contributed by atoms with Crippen LogP contribution in [0.3, 0.4) is 0 Å². The lowest BCUT2D eigenvalue weighted by atomic mass is 10.1. The number of carbonyl (C=O) groups is 1. The summed E-state index contributed by atoms with van der Waals surface area (Å²) >= 11 is 0. The maximum Gasteiger partial charge on any atom is 0.341 e. The van der Waals surface area contributed by atoms with Gasteiger partial charge in [0.15, 0.2) is 5.65 Å². The van der Waals surface area contributed by atoms with Crippen LogP contribution in [0.1, 0.15) is 34.7 Å². The van der Waals surface area contributed by atoms with Crippen LogP contribution in [0.15, 0.2) is 24.7 Å². The van der Waals surface area contributed by atoms with E-state index in [-0.39, 0.29) is 5.97 Å². The van der Waals surface area contributed by atoms with Gasteiger partial charge in [-0.2, -0.15) is 0 Å². The first-order valence-corrected chi connectivity index (χ1v) is 5.34. The first-order chi connectivity index (χ1) is 7.79. The third-order valence-corrected chi connectivity index (χ3v) is 2.96. The van der Waals surface area contributed by atoms with Gasteiger partial charge in [0.05, 0.1) is 7.11 Å². The van der Waals surface area contributed by atoms with E-state index < -0.39 is 0 Å². The lowest BCUT2D eigenvalue weighted by Crippen LogP contribution is -2.05. The molecule has 1 saturated carbocycles. The second kappa shape index (κ2) is 3.33. The highest BCUT2D eigenvalue weighted by Gasteiger charge is 2.26. The van der Waals surface area contributed by atoms with E-state index in [2.05, 4.69) is 4.98 Å². The van der Waals surface area contributed by atoms with Crippen LogP contribution in [0.25, 0.3) is 5.65 Å². The molecule has 2 aromatic heterocycles. The maximum atomic E-state index is 11.6. The van der Waals surface area contributed by atoms with Crippen LogP contribution in [0, 0.1) is 0 Å². The average molecular weight is 216 g/mol. The number of ether oxygens (including phenoxy) is 1. The van der Waals surface area contributed by atoms with Gasteiger partial charge in [0.2, 0.25) is 0 Å². The standard InChI is InChI=1S/C12H12N2O2/c1-16-12(15)10-6-9(8-2-3-8)7-14-5-4-13-11(10)14/h4-8H,2-3H2,1H3. The Bertz CT molecular complexity index is 555. The summed E-state index contributed by atoms with van der Waals surface area (Å²) < 4.78 is 6.67. The molecule has 2 aromatic rings. The molecule has 0 aliphatic heterocycles. The highest BCUT2D eigenvalue weighted by Crippen LogP contribution is 2.40. The number of aromatic nitrogens is 2. The number of rotatable bonds is 2. The van der Waals surface area contributed by atoms with Crippen molar-refractivity contribution in [1.29, 1.82) is 0 Å². The third kappa shape index (κ3) is 1.38. The monoisotopic (exact) mass is 216 g/mol. The zero-order valence-corrected chi connectivity index (χ0v) is 9.01. The van der Waals surface area contributed by atoms with Gasteiger partial charge >= 0.3 is 5.97 Å². The Morgan fingerprint density at radius 1 is 1.56 bits per heavy atom. The topological polar surface area (TPSA) is 43.6 Å². The Hall–Kier alpha value is -1.84. The number of esters is 1. The molecule has 1 aliphatic rings. The van der Waals surface area contributed by atoms with Gasteiger partial charge in [0, 0.05) is 18.6 Å². The minimum absolute atomic E-state index is 0.321. The normalized spacial score (nSPS) is 15.3. The van der Waals surface area contributed by atoms with E-state index in [0.717, 1.165) is 0 Å². The summed E-state index contributed by atoms with van der Waals surface area (Å²) in [5.74, 6) is 0.286.